The molecule has 176 valence electrons. The summed E-state index contributed by atoms with van der Waals surface area (Å²) in [5.41, 5.74) is 3.48. The van der Waals surface area contributed by atoms with Crippen LogP contribution in [0.4, 0.5) is 0 Å². The topological polar surface area (TPSA) is 41.6 Å². The Balaban J connectivity index is 2.47. The molecule has 0 aliphatic heterocycles. The van der Waals surface area contributed by atoms with Crippen molar-refractivity contribution in [3.63, 3.8) is 0 Å². The van der Waals surface area contributed by atoms with Gasteiger partial charge in [-0.2, -0.15) is 0 Å². The van der Waals surface area contributed by atoms with Crippen LogP contribution in [-0.2, 0) is 4.43 Å². The molecule has 2 rings (SSSR count). The fraction of sp³-hybridized carbons (Fsp3) is 0.519. The van der Waals surface area contributed by atoms with E-state index in [0.717, 1.165) is 22.3 Å². The molecule has 2 aromatic carbocycles. The molecule has 0 heterocycles. The predicted octanol–water partition coefficient (Wildman–Crippen LogP) is 6.12. The van der Waals surface area contributed by atoms with Crippen molar-refractivity contribution in [1.29, 1.82) is 0 Å². The van der Waals surface area contributed by atoms with Crippen molar-refractivity contribution in [2.24, 2.45) is 0 Å². The van der Waals surface area contributed by atoms with Gasteiger partial charge >= 0.3 is 0 Å². The summed E-state index contributed by atoms with van der Waals surface area (Å²) in [5.74, 6) is -0.0551. The number of carbonyl (C=O) groups excluding carboxylic acids is 1. The Morgan fingerprint density at radius 2 is 1.59 bits per heavy atom. The number of likely N-dealkylation sites (N-methyl/N-ethyl adjacent to an activating group) is 1. The van der Waals surface area contributed by atoms with E-state index in [1.54, 1.807) is 0 Å². The molecule has 0 radical (unpaired) electrons. The highest BCUT2D eigenvalue weighted by Crippen LogP contribution is 2.39. The molecule has 5 heteroatoms. The Hall–Kier alpha value is -1.95. The highest BCUT2D eigenvalue weighted by atomic mass is 28.4. The summed E-state index contributed by atoms with van der Waals surface area (Å²) in [6.45, 7) is 18.1. The molecule has 2 unspecified atom stereocenters. The van der Waals surface area contributed by atoms with Crippen LogP contribution >= 0.6 is 0 Å². The zero-order chi connectivity index (χ0) is 24.3. The van der Waals surface area contributed by atoms with Crippen LogP contribution in [0.25, 0.3) is 0 Å². The normalized spacial score (nSPS) is 15.3. The number of hydrogen-bond donors (Lipinski definition) is 1. The van der Waals surface area contributed by atoms with E-state index in [-0.39, 0.29) is 17.0 Å². The number of nitrogens with one attached hydrogen (secondary N) is 1. The van der Waals surface area contributed by atoms with Gasteiger partial charge in [0.2, 0.25) is 0 Å². The first-order valence-electron chi connectivity index (χ1n) is 11.4. The number of carbonyl (C=O) groups is 1. The average molecular weight is 455 g/mol. The standard InChI is InChI=1S/C27H42N2O2Si/c1-20-15-14-18-23(21(20)2)25(30)28-24(22-16-12-11-13-17-22)27(6,29(7)8)19-31-32(9,10)26(3,4)5/h11-18,24H,19H2,1-10H3,(H,28,30). The lowest BCUT2D eigenvalue weighted by molar-refractivity contribution is 0.0486. The van der Waals surface area contributed by atoms with E-state index in [4.69, 9.17) is 4.43 Å². The zero-order valence-electron chi connectivity index (χ0n) is 21.7. The van der Waals surface area contributed by atoms with Crippen LogP contribution in [0.2, 0.25) is 18.1 Å². The smallest absolute Gasteiger partial charge is 0.252 e. The molecule has 0 spiro atoms. The van der Waals surface area contributed by atoms with Crippen molar-refractivity contribution >= 4 is 14.2 Å². The number of benzene rings is 2. The second kappa shape index (κ2) is 9.90. The third-order valence-electron chi connectivity index (χ3n) is 7.43. The molecule has 2 aromatic rings. The van der Waals surface area contributed by atoms with Crippen molar-refractivity contribution in [3.05, 3.63) is 70.8 Å². The first-order chi connectivity index (χ1) is 14.7. The van der Waals surface area contributed by atoms with Gasteiger partial charge in [-0.15, -0.1) is 0 Å². The zero-order valence-corrected chi connectivity index (χ0v) is 22.7. The van der Waals surface area contributed by atoms with Gasteiger partial charge in [0.25, 0.3) is 5.91 Å². The van der Waals surface area contributed by atoms with E-state index < -0.39 is 13.9 Å². The van der Waals surface area contributed by atoms with Gasteiger partial charge in [-0.25, -0.2) is 0 Å². The highest BCUT2D eigenvalue weighted by molar-refractivity contribution is 6.74. The van der Waals surface area contributed by atoms with Gasteiger partial charge in [0, 0.05) is 5.56 Å². The van der Waals surface area contributed by atoms with Gasteiger partial charge in [0.05, 0.1) is 18.2 Å². The first-order valence-corrected chi connectivity index (χ1v) is 14.3. The molecular formula is C27H42N2O2Si. The summed E-state index contributed by atoms with van der Waals surface area (Å²) < 4.78 is 6.70. The van der Waals surface area contributed by atoms with Crippen molar-refractivity contribution in [1.82, 2.24) is 10.2 Å². The van der Waals surface area contributed by atoms with Crippen LogP contribution in [-0.4, -0.2) is 45.4 Å². The summed E-state index contributed by atoms with van der Waals surface area (Å²) in [5, 5.41) is 3.48. The van der Waals surface area contributed by atoms with Crippen molar-refractivity contribution in [2.45, 2.75) is 71.3 Å². The van der Waals surface area contributed by atoms with Crippen LogP contribution < -0.4 is 5.32 Å². The molecule has 1 N–H and O–H groups in total. The van der Waals surface area contributed by atoms with Gasteiger partial charge in [-0.1, -0.05) is 63.2 Å². The first kappa shape index (κ1) is 26.3. The molecule has 0 aliphatic carbocycles. The molecule has 4 nitrogen and oxygen atoms in total. The second-order valence-electron chi connectivity index (χ2n) is 10.9. The molecule has 0 aromatic heterocycles. The Morgan fingerprint density at radius 3 is 2.12 bits per heavy atom. The fourth-order valence-corrected chi connectivity index (χ4v) is 4.55. The summed E-state index contributed by atoms with van der Waals surface area (Å²) in [6.07, 6.45) is 0. The molecule has 2 atom stereocenters. The second-order valence-corrected chi connectivity index (χ2v) is 15.7. The van der Waals surface area contributed by atoms with E-state index in [2.05, 4.69) is 77.2 Å². The van der Waals surface area contributed by atoms with Gasteiger partial charge in [0.1, 0.15) is 0 Å². The van der Waals surface area contributed by atoms with E-state index in [1.165, 1.54) is 0 Å². The van der Waals surface area contributed by atoms with Gasteiger partial charge in [0.15, 0.2) is 8.32 Å². The Morgan fingerprint density at radius 1 is 1.00 bits per heavy atom. The highest BCUT2D eigenvalue weighted by Gasteiger charge is 2.44. The van der Waals surface area contributed by atoms with Crippen LogP contribution in [0.1, 0.15) is 60.8 Å². The molecule has 32 heavy (non-hydrogen) atoms. The number of nitrogens with zero attached hydrogens (tertiary/aromatic N) is 1. The molecule has 0 saturated heterocycles. The molecule has 0 aliphatic rings. The summed E-state index contributed by atoms with van der Waals surface area (Å²) >= 11 is 0. The number of aryl methyl sites for hydroxylation is 1. The van der Waals surface area contributed by atoms with Gasteiger partial charge < -0.3 is 9.74 Å². The minimum absolute atomic E-state index is 0.0551. The van der Waals surface area contributed by atoms with Crippen LogP contribution in [0.15, 0.2) is 48.5 Å². The molecule has 0 saturated carbocycles. The van der Waals surface area contributed by atoms with E-state index in [1.807, 2.05) is 50.2 Å². The van der Waals surface area contributed by atoms with E-state index >= 15 is 0 Å². The summed E-state index contributed by atoms with van der Waals surface area (Å²) in [6, 6.07) is 15.9. The molecule has 0 fully saturated rings. The quantitative estimate of drug-likeness (QED) is 0.489. The van der Waals surface area contributed by atoms with Crippen molar-refractivity contribution in [2.75, 3.05) is 20.7 Å². The maximum atomic E-state index is 13.5. The third kappa shape index (κ3) is 5.69. The maximum Gasteiger partial charge on any atom is 0.252 e. The molecule has 0 bridgehead atoms. The monoisotopic (exact) mass is 454 g/mol. The van der Waals surface area contributed by atoms with Gasteiger partial charge in [-0.3, -0.25) is 9.69 Å². The van der Waals surface area contributed by atoms with Crippen LogP contribution in [0.3, 0.4) is 0 Å². The maximum absolute atomic E-state index is 13.5. The molecule has 1 amide bonds. The number of rotatable bonds is 8. The van der Waals surface area contributed by atoms with Gasteiger partial charge in [-0.05, 0) is 75.8 Å². The Labute approximate surface area is 196 Å². The predicted molar refractivity (Wildman–Crippen MR) is 138 cm³/mol. The van der Waals surface area contributed by atoms with Crippen LogP contribution in [0.5, 0.6) is 0 Å². The minimum atomic E-state index is -1.97. The minimum Gasteiger partial charge on any atom is -0.415 e. The van der Waals surface area contributed by atoms with Crippen molar-refractivity contribution < 1.29 is 9.22 Å². The third-order valence-corrected chi connectivity index (χ3v) is 11.9. The average Bonchev–Trinajstić information content (AvgIpc) is 2.71. The summed E-state index contributed by atoms with van der Waals surface area (Å²) in [4.78, 5) is 15.7. The largest absolute Gasteiger partial charge is 0.415 e. The van der Waals surface area contributed by atoms with E-state index in [0.29, 0.717) is 6.61 Å². The van der Waals surface area contributed by atoms with E-state index in [9.17, 15) is 4.79 Å². The summed E-state index contributed by atoms with van der Waals surface area (Å²) in [7, 11) is 2.16. The molecular weight excluding hydrogens is 412 g/mol. The SMILES string of the molecule is Cc1cccc(C(=O)NC(c2ccccc2)C(C)(CO[Si](C)(C)C(C)(C)C)N(C)C)c1C. The van der Waals surface area contributed by atoms with Crippen LogP contribution in [0, 0.1) is 13.8 Å². The Bertz CT molecular complexity index is 919. The Kier molecular flexibility index (Phi) is 8.13. The number of hydrogen-bond acceptors (Lipinski definition) is 3. The lowest BCUT2D eigenvalue weighted by Crippen LogP contribution is -2.58. The lowest BCUT2D eigenvalue weighted by Gasteiger charge is -2.46. The number of amides is 1. The lowest BCUT2D eigenvalue weighted by atomic mass is 9.86. The van der Waals surface area contributed by atoms with Crippen molar-refractivity contribution in [3.8, 4) is 0 Å². The fourth-order valence-electron chi connectivity index (χ4n) is 3.46.